The van der Waals surface area contributed by atoms with Crippen molar-refractivity contribution in [3.05, 3.63) is 24.3 Å². The van der Waals surface area contributed by atoms with Crippen LogP contribution in [0.5, 0.6) is 5.75 Å². The number of H-pyrrole nitrogens is 1. The van der Waals surface area contributed by atoms with Crippen molar-refractivity contribution in [2.24, 2.45) is 0 Å². The molecule has 0 saturated heterocycles. The number of pyridine rings is 1. The normalized spacial score (nSPS) is 11.2. The van der Waals surface area contributed by atoms with Gasteiger partial charge >= 0.3 is 0 Å². The number of nitrogens with two attached hydrogens (primary N) is 2. The Morgan fingerprint density at radius 1 is 1.19 bits per heavy atom. The van der Waals surface area contributed by atoms with Crippen molar-refractivity contribution in [3.8, 4) is 5.75 Å². The highest BCUT2D eigenvalue weighted by molar-refractivity contribution is 6.12. The summed E-state index contributed by atoms with van der Waals surface area (Å²) in [5.41, 5.74) is 13.6. The largest absolute Gasteiger partial charge is 0.508 e. The maximum atomic E-state index is 9.45. The lowest BCUT2D eigenvalue weighted by atomic mass is 10.1. The second-order valence-corrected chi connectivity index (χ2v) is 3.71. The van der Waals surface area contributed by atoms with Crippen LogP contribution in [-0.4, -0.2) is 15.1 Å². The molecule has 80 valence electrons. The van der Waals surface area contributed by atoms with Gasteiger partial charge in [0.05, 0.1) is 0 Å². The lowest BCUT2D eigenvalue weighted by molar-refractivity contribution is 0.476. The van der Waals surface area contributed by atoms with Crippen molar-refractivity contribution in [2.75, 3.05) is 11.5 Å². The molecule has 0 amide bonds. The Morgan fingerprint density at radius 2 is 2.00 bits per heavy atom. The minimum atomic E-state index is 0.199. The van der Waals surface area contributed by atoms with Gasteiger partial charge in [0, 0.05) is 28.0 Å². The van der Waals surface area contributed by atoms with Gasteiger partial charge in [-0.05, 0) is 18.2 Å². The number of fused-ring (bicyclic) bond motifs is 3. The van der Waals surface area contributed by atoms with Crippen LogP contribution in [0.3, 0.4) is 0 Å². The molecule has 0 spiro atoms. The zero-order chi connectivity index (χ0) is 11.3. The summed E-state index contributed by atoms with van der Waals surface area (Å²) in [6.45, 7) is 0. The lowest BCUT2D eigenvalue weighted by Crippen LogP contribution is -1.94. The van der Waals surface area contributed by atoms with E-state index in [0.29, 0.717) is 17.2 Å². The van der Waals surface area contributed by atoms with E-state index in [2.05, 4.69) is 9.97 Å². The molecule has 3 aromatic rings. The number of aromatic hydroxyl groups is 1. The van der Waals surface area contributed by atoms with Crippen molar-refractivity contribution < 1.29 is 5.11 Å². The molecule has 0 bridgehead atoms. The fourth-order valence-corrected chi connectivity index (χ4v) is 1.93. The number of aromatic nitrogens is 2. The predicted octanol–water partition coefficient (Wildman–Crippen LogP) is 1.59. The van der Waals surface area contributed by atoms with Crippen LogP contribution in [0.15, 0.2) is 24.3 Å². The Labute approximate surface area is 90.7 Å². The summed E-state index contributed by atoms with van der Waals surface area (Å²) in [6.07, 6.45) is 0. The zero-order valence-corrected chi connectivity index (χ0v) is 8.36. The Balaban J connectivity index is 2.57. The molecule has 5 heteroatoms. The average molecular weight is 214 g/mol. The highest BCUT2D eigenvalue weighted by Crippen LogP contribution is 2.31. The predicted molar refractivity (Wildman–Crippen MR) is 64.1 cm³/mol. The first-order chi connectivity index (χ1) is 7.65. The van der Waals surface area contributed by atoms with E-state index in [-0.39, 0.29) is 5.75 Å². The summed E-state index contributed by atoms with van der Waals surface area (Å²) < 4.78 is 0. The highest BCUT2D eigenvalue weighted by Gasteiger charge is 2.09. The van der Waals surface area contributed by atoms with E-state index in [9.17, 15) is 5.11 Å². The molecule has 0 fully saturated rings. The van der Waals surface area contributed by atoms with E-state index in [1.807, 2.05) is 0 Å². The second-order valence-electron chi connectivity index (χ2n) is 3.71. The third-order valence-corrected chi connectivity index (χ3v) is 2.60. The van der Waals surface area contributed by atoms with Crippen LogP contribution >= 0.6 is 0 Å². The van der Waals surface area contributed by atoms with E-state index in [1.54, 1.807) is 24.3 Å². The first-order valence-corrected chi connectivity index (χ1v) is 4.81. The average Bonchev–Trinajstić information content (AvgIpc) is 2.54. The highest BCUT2D eigenvalue weighted by atomic mass is 16.3. The van der Waals surface area contributed by atoms with E-state index < -0.39 is 0 Å². The minimum Gasteiger partial charge on any atom is -0.508 e. The van der Waals surface area contributed by atoms with Crippen LogP contribution in [0.4, 0.5) is 11.5 Å². The molecule has 0 aliphatic carbocycles. The molecule has 2 heterocycles. The first kappa shape index (κ1) is 8.84. The molecular formula is C11H10N4O. The smallest absolute Gasteiger partial charge is 0.142 e. The van der Waals surface area contributed by atoms with Crippen LogP contribution < -0.4 is 11.5 Å². The number of nitrogen functional groups attached to an aromatic ring is 2. The van der Waals surface area contributed by atoms with Crippen LogP contribution in [0.1, 0.15) is 0 Å². The maximum Gasteiger partial charge on any atom is 0.142 e. The van der Waals surface area contributed by atoms with Crippen LogP contribution in [-0.2, 0) is 0 Å². The molecule has 3 rings (SSSR count). The molecule has 1 aromatic carbocycles. The molecule has 0 aliphatic rings. The van der Waals surface area contributed by atoms with Gasteiger partial charge in [-0.15, -0.1) is 0 Å². The van der Waals surface area contributed by atoms with Gasteiger partial charge in [0.15, 0.2) is 0 Å². The molecule has 0 radical (unpaired) electrons. The topological polar surface area (TPSA) is 101 Å². The number of aromatic amines is 1. The summed E-state index contributed by atoms with van der Waals surface area (Å²) >= 11 is 0. The lowest BCUT2D eigenvalue weighted by Gasteiger charge is -1.98. The summed E-state index contributed by atoms with van der Waals surface area (Å²) in [4.78, 5) is 7.27. The van der Waals surface area contributed by atoms with E-state index in [1.165, 1.54) is 0 Å². The van der Waals surface area contributed by atoms with Crippen molar-refractivity contribution in [2.45, 2.75) is 0 Å². The third kappa shape index (κ3) is 1.08. The van der Waals surface area contributed by atoms with Gasteiger partial charge in [0.1, 0.15) is 17.2 Å². The number of nitrogens with one attached hydrogen (secondary N) is 1. The van der Waals surface area contributed by atoms with Gasteiger partial charge in [-0.2, -0.15) is 0 Å². The van der Waals surface area contributed by atoms with Gasteiger partial charge < -0.3 is 21.6 Å². The van der Waals surface area contributed by atoms with E-state index >= 15 is 0 Å². The summed E-state index contributed by atoms with van der Waals surface area (Å²) in [5, 5.41) is 11.1. The molecule has 6 N–H and O–H groups in total. The number of anilines is 2. The SMILES string of the molecule is Nc1cc(N)c2c(n1)[nH]c1ccc(O)cc12. The third-order valence-electron chi connectivity index (χ3n) is 2.60. The summed E-state index contributed by atoms with van der Waals surface area (Å²) in [6, 6.07) is 6.65. The number of hydrogen-bond donors (Lipinski definition) is 4. The number of rotatable bonds is 0. The minimum absolute atomic E-state index is 0.199. The number of phenolic OH excluding ortho intramolecular Hbond substituents is 1. The number of benzene rings is 1. The maximum absolute atomic E-state index is 9.45. The number of nitrogens with zero attached hydrogens (tertiary/aromatic N) is 1. The van der Waals surface area contributed by atoms with Gasteiger partial charge in [0.25, 0.3) is 0 Å². The first-order valence-electron chi connectivity index (χ1n) is 4.81. The van der Waals surface area contributed by atoms with Crippen LogP contribution in [0.25, 0.3) is 21.9 Å². The van der Waals surface area contributed by atoms with Crippen molar-refractivity contribution in [3.63, 3.8) is 0 Å². The Morgan fingerprint density at radius 3 is 2.81 bits per heavy atom. The molecule has 0 atom stereocenters. The van der Waals surface area contributed by atoms with E-state index in [4.69, 9.17) is 11.5 Å². The number of hydrogen-bond acceptors (Lipinski definition) is 4. The monoisotopic (exact) mass is 214 g/mol. The Bertz CT molecular complexity index is 702. The quantitative estimate of drug-likeness (QED) is 0.456. The summed E-state index contributed by atoms with van der Waals surface area (Å²) in [7, 11) is 0. The van der Waals surface area contributed by atoms with Crippen molar-refractivity contribution >= 4 is 33.4 Å². The molecule has 0 saturated carbocycles. The molecule has 2 aromatic heterocycles. The second kappa shape index (κ2) is 2.79. The Hall–Kier alpha value is -2.43. The van der Waals surface area contributed by atoms with Crippen molar-refractivity contribution in [1.29, 1.82) is 0 Å². The molecule has 0 unspecified atom stereocenters. The fraction of sp³-hybridized carbons (Fsp3) is 0. The standard InChI is InChI=1S/C11H10N4O/c12-7-4-9(13)15-11-10(7)6-3-5(16)1-2-8(6)14-11/h1-4,16H,(H5,12,13,14,15). The molecule has 5 nitrogen and oxygen atoms in total. The van der Waals surface area contributed by atoms with Gasteiger partial charge in [0.2, 0.25) is 0 Å². The molecular weight excluding hydrogens is 204 g/mol. The zero-order valence-electron chi connectivity index (χ0n) is 8.36. The van der Waals surface area contributed by atoms with Gasteiger partial charge in [-0.1, -0.05) is 0 Å². The molecule has 16 heavy (non-hydrogen) atoms. The van der Waals surface area contributed by atoms with E-state index in [0.717, 1.165) is 16.3 Å². The summed E-state index contributed by atoms with van der Waals surface area (Å²) in [5.74, 6) is 0.574. The Kier molecular flexibility index (Phi) is 1.54. The van der Waals surface area contributed by atoms with Crippen LogP contribution in [0.2, 0.25) is 0 Å². The number of phenols is 1. The molecule has 0 aliphatic heterocycles. The van der Waals surface area contributed by atoms with Gasteiger partial charge in [-0.25, -0.2) is 4.98 Å². The van der Waals surface area contributed by atoms with Crippen LogP contribution in [0, 0.1) is 0 Å². The fourth-order valence-electron chi connectivity index (χ4n) is 1.93. The van der Waals surface area contributed by atoms with Gasteiger partial charge in [-0.3, -0.25) is 0 Å². The van der Waals surface area contributed by atoms with Crippen molar-refractivity contribution in [1.82, 2.24) is 9.97 Å².